The van der Waals surface area contributed by atoms with Crippen molar-refractivity contribution in [3.63, 3.8) is 0 Å². The van der Waals surface area contributed by atoms with Crippen LogP contribution in [0.3, 0.4) is 0 Å². The average Bonchev–Trinajstić information content (AvgIpc) is 3.14. The maximum Gasteiger partial charge on any atom is -0.0194 e. The predicted molar refractivity (Wildman–Crippen MR) is 67.1 cm³/mol. The number of hydrogen-bond acceptors (Lipinski definition) is 0. The largest absolute Gasteiger partial charge is 0.0848 e. The van der Waals surface area contributed by atoms with Crippen LogP contribution in [-0.2, 0) is 0 Å². The molecule has 0 nitrogen and oxygen atoms in total. The Labute approximate surface area is 104 Å². The molecule has 10 unspecified atom stereocenters. The molecule has 6 rings (SSSR count). The van der Waals surface area contributed by atoms with E-state index in [1.807, 2.05) is 0 Å². The summed E-state index contributed by atoms with van der Waals surface area (Å²) < 4.78 is 0. The third kappa shape index (κ3) is 0.780. The first kappa shape index (κ1) is 8.77. The molecule has 5 saturated carbocycles. The van der Waals surface area contributed by atoms with E-state index in [2.05, 4.69) is 12.2 Å². The summed E-state index contributed by atoms with van der Waals surface area (Å²) >= 11 is 0. The van der Waals surface area contributed by atoms with Gasteiger partial charge in [0, 0.05) is 0 Å². The van der Waals surface area contributed by atoms with Crippen LogP contribution in [0.2, 0.25) is 0 Å². The fraction of sp³-hybridized carbons (Fsp3) is 0.882. The van der Waals surface area contributed by atoms with Crippen LogP contribution in [0.25, 0.3) is 0 Å². The van der Waals surface area contributed by atoms with Gasteiger partial charge in [-0.05, 0) is 91.3 Å². The first-order valence-electron chi connectivity index (χ1n) is 8.10. The zero-order chi connectivity index (χ0) is 10.7. The number of fused-ring (bicyclic) bond motifs is 16. The molecule has 6 aliphatic rings. The summed E-state index contributed by atoms with van der Waals surface area (Å²) in [6.07, 6.45) is 13.3. The van der Waals surface area contributed by atoms with Crippen molar-refractivity contribution < 1.29 is 0 Å². The van der Waals surface area contributed by atoms with Crippen LogP contribution in [0.1, 0.15) is 32.1 Å². The number of allylic oxidation sites excluding steroid dienone is 2. The van der Waals surface area contributed by atoms with E-state index in [0.717, 1.165) is 23.7 Å². The fourth-order valence-corrected chi connectivity index (χ4v) is 8.21. The highest BCUT2D eigenvalue weighted by molar-refractivity contribution is 5.24. The molecular weight excluding hydrogens is 204 g/mol. The van der Waals surface area contributed by atoms with Crippen molar-refractivity contribution in [2.24, 2.45) is 59.2 Å². The molecule has 0 aromatic rings. The Bertz CT molecular complexity index is 386. The monoisotopic (exact) mass is 226 g/mol. The van der Waals surface area contributed by atoms with Gasteiger partial charge in [-0.1, -0.05) is 12.2 Å². The third-order valence-electron chi connectivity index (χ3n) is 8.15. The summed E-state index contributed by atoms with van der Waals surface area (Å²) in [5.41, 5.74) is 0. The van der Waals surface area contributed by atoms with Crippen LogP contribution in [0.4, 0.5) is 0 Å². The average molecular weight is 226 g/mol. The van der Waals surface area contributed by atoms with Crippen LogP contribution >= 0.6 is 0 Å². The van der Waals surface area contributed by atoms with Gasteiger partial charge in [-0.15, -0.1) is 0 Å². The molecule has 5 fully saturated rings. The minimum Gasteiger partial charge on any atom is -0.0848 e. The molecule has 6 aliphatic carbocycles. The summed E-state index contributed by atoms with van der Waals surface area (Å²) in [7, 11) is 0. The van der Waals surface area contributed by atoms with Crippen molar-refractivity contribution >= 4 is 0 Å². The van der Waals surface area contributed by atoms with Crippen molar-refractivity contribution in [1.82, 2.24) is 0 Å². The maximum atomic E-state index is 2.61. The van der Waals surface area contributed by atoms with Crippen LogP contribution in [0.15, 0.2) is 12.2 Å². The van der Waals surface area contributed by atoms with Crippen molar-refractivity contribution in [2.75, 3.05) is 0 Å². The van der Waals surface area contributed by atoms with Gasteiger partial charge in [0.25, 0.3) is 0 Å². The number of rotatable bonds is 0. The minimum absolute atomic E-state index is 1.03. The van der Waals surface area contributed by atoms with E-state index in [9.17, 15) is 0 Å². The molecule has 0 radical (unpaired) electrons. The molecule has 0 heterocycles. The second-order valence-electron chi connectivity index (χ2n) is 8.15. The summed E-state index contributed by atoms with van der Waals surface area (Å²) in [6, 6.07) is 0. The third-order valence-corrected chi connectivity index (χ3v) is 8.15. The highest BCUT2D eigenvalue weighted by Gasteiger charge is 2.69. The van der Waals surface area contributed by atoms with Gasteiger partial charge in [-0.3, -0.25) is 0 Å². The fourth-order valence-electron chi connectivity index (χ4n) is 8.21. The van der Waals surface area contributed by atoms with Crippen molar-refractivity contribution in [3.05, 3.63) is 12.2 Å². The summed E-state index contributed by atoms with van der Waals surface area (Å²) in [5.74, 6) is 11.6. The molecule has 0 aliphatic heterocycles. The molecule has 0 amide bonds. The first-order chi connectivity index (χ1) is 8.42. The van der Waals surface area contributed by atoms with E-state index in [0.29, 0.717) is 0 Å². The Morgan fingerprint density at radius 2 is 1.18 bits per heavy atom. The molecule has 0 aromatic carbocycles. The van der Waals surface area contributed by atoms with Gasteiger partial charge in [0.2, 0.25) is 0 Å². The molecule has 0 spiro atoms. The van der Waals surface area contributed by atoms with Gasteiger partial charge in [0.15, 0.2) is 0 Å². The zero-order valence-electron chi connectivity index (χ0n) is 10.5. The molecule has 0 N–H and O–H groups in total. The SMILES string of the molecule is C1=CC2CC1C1C3CC(C21)C1C2CCC(C2)C31. The lowest BCUT2D eigenvalue weighted by Crippen LogP contribution is -2.39. The van der Waals surface area contributed by atoms with E-state index in [1.54, 1.807) is 32.1 Å². The summed E-state index contributed by atoms with van der Waals surface area (Å²) in [5, 5.41) is 0. The van der Waals surface area contributed by atoms with Crippen LogP contribution in [0.5, 0.6) is 0 Å². The quantitative estimate of drug-likeness (QED) is 0.436. The van der Waals surface area contributed by atoms with Gasteiger partial charge in [0.1, 0.15) is 0 Å². The molecule has 17 heavy (non-hydrogen) atoms. The predicted octanol–water partition coefficient (Wildman–Crippen LogP) is 3.74. The van der Waals surface area contributed by atoms with E-state index < -0.39 is 0 Å². The molecular formula is C17H22. The van der Waals surface area contributed by atoms with E-state index in [1.165, 1.54) is 35.5 Å². The van der Waals surface area contributed by atoms with Crippen molar-refractivity contribution in [2.45, 2.75) is 32.1 Å². The zero-order valence-corrected chi connectivity index (χ0v) is 10.5. The van der Waals surface area contributed by atoms with Crippen LogP contribution in [-0.4, -0.2) is 0 Å². The Morgan fingerprint density at radius 3 is 1.76 bits per heavy atom. The number of hydrogen-bond donors (Lipinski definition) is 0. The Balaban J connectivity index is 1.49. The first-order valence-corrected chi connectivity index (χ1v) is 8.10. The molecule has 6 bridgehead atoms. The Kier molecular flexibility index (Phi) is 1.31. The normalized spacial score (nSPS) is 72.5. The van der Waals surface area contributed by atoms with Gasteiger partial charge < -0.3 is 0 Å². The molecule has 0 heteroatoms. The van der Waals surface area contributed by atoms with Gasteiger partial charge >= 0.3 is 0 Å². The summed E-state index contributed by atoms with van der Waals surface area (Å²) in [6.45, 7) is 0. The standard InChI is InChI=1S/C17H22/c1-2-9-5-8(1)14-12-7-13(15(9)14)17-11-4-3-10(6-11)16(12)17/h1-2,8-17H,3-7H2. The van der Waals surface area contributed by atoms with E-state index in [-0.39, 0.29) is 0 Å². The van der Waals surface area contributed by atoms with Gasteiger partial charge in [-0.25, -0.2) is 0 Å². The van der Waals surface area contributed by atoms with Crippen LogP contribution < -0.4 is 0 Å². The van der Waals surface area contributed by atoms with Crippen molar-refractivity contribution in [1.29, 1.82) is 0 Å². The van der Waals surface area contributed by atoms with E-state index in [4.69, 9.17) is 0 Å². The lowest BCUT2D eigenvalue weighted by atomic mass is 9.61. The smallest absolute Gasteiger partial charge is 0.0194 e. The highest BCUT2D eigenvalue weighted by Crippen LogP contribution is 2.75. The van der Waals surface area contributed by atoms with Gasteiger partial charge in [-0.2, -0.15) is 0 Å². The molecule has 10 atom stereocenters. The van der Waals surface area contributed by atoms with E-state index >= 15 is 0 Å². The maximum absolute atomic E-state index is 2.61. The Hall–Kier alpha value is -0.260. The second-order valence-corrected chi connectivity index (χ2v) is 8.15. The molecule has 0 saturated heterocycles. The van der Waals surface area contributed by atoms with Gasteiger partial charge in [0.05, 0.1) is 0 Å². The summed E-state index contributed by atoms with van der Waals surface area (Å²) in [4.78, 5) is 0. The molecule has 90 valence electrons. The van der Waals surface area contributed by atoms with Crippen molar-refractivity contribution in [3.8, 4) is 0 Å². The second kappa shape index (κ2) is 2.53. The topological polar surface area (TPSA) is 0 Å². The Morgan fingerprint density at radius 1 is 0.588 bits per heavy atom. The highest BCUT2D eigenvalue weighted by atomic mass is 14.7. The molecule has 0 aromatic heterocycles. The minimum atomic E-state index is 1.03. The lowest BCUT2D eigenvalue weighted by Gasteiger charge is -2.44. The lowest BCUT2D eigenvalue weighted by molar-refractivity contribution is 0.0505. The van der Waals surface area contributed by atoms with Crippen LogP contribution in [0, 0.1) is 59.2 Å².